The highest BCUT2D eigenvalue weighted by Crippen LogP contribution is 2.32. The molecule has 2 heterocycles. The Morgan fingerprint density at radius 1 is 1.06 bits per heavy atom. The number of aliphatic carboxylic acids is 1. The standard InChI is InChI=1S/C22H26N2O2.C2HF3O2/c1-16-7-9-18(10-8-16)13-24-14-19-11-20(21(15-24)26-19)22(25)23-12-17-5-3-2-4-6-17;3-2(4,5)1(6)7/h2-10,19-21H,11-15H2,1H3,(H,23,25);(H,6,7)/t19-,20+,21-;/m1./s1. The molecule has 6 nitrogen and oxygen atoms in total. The first-order valence-corrected chi connectivity index (χ1v) is 10.7. The largest absolute Gasteiger partial charge is 0.490 e. The summed E-state index contributed by atoms with van der Waals surface area (Å²) in [6.45, 7) is 5.35. The van der Waals surface area contributed by atoms with Crippen LogP contribution in [-0.4, -0.2) is 53.4 Å². The Hall–Kier alpha value is -2.91. The van der Waals surface area contributed by atoms with Crippen LogP contribution in [0, 0.1) is 12.8 Å². The number of aryl methyl sites for hydroxylation is 1. The number of amides is 1. The molecule has 0 aliphatic carbocycles. The average molecular weight is 464 g/mol. The second-order valence-electron chi connectivity index (χ2n) is 8.32. The van der Waals surface area contributed by atoms with Crippen molar-refractivity contribution in [3.8, 4) is 0 Å². The van der Waals surface area contributed by atoms with Gasteiger partial charge in [-0.15, -0.1) is 0 Å². The van der Waals surface area contributed by atoms with Crippen molar-refractivity contribution in [2.24, 2.45) is 5.92 Å². The van der Waals surface area contributed by atoms with Crippen LogP contribution in [-0.2, 0) is 27.4 Å². The zero-order valence-electron chi connectivity index (χ0n) is 18.2. The molecule has 0 saturated carbocycles. The molecule has 2 aliphatic heterocycles. The number of ether oxygens (including phenoxy) is 1. The van der Waals surface area contributed by atoms with Crippen molar-refractivity contribution in [1.82, 2.24) is 10.2 Å². The number of hydrogen-bond acceptors (Lipinski definition) is 4. The molecule has 9 heteroatoms. The normalized spacial score (nSPS) is 22.2. The summed E-state index contributed by atoms with van der Waals surface area (Å²) in [5, 5.41) is 10.2. The van der Waals surface area contributed by atoms with Gasteiger partial charge in [-0.25, -0.2) is 4.79 Å². The Bertz CT molecular complexity index is 935. The lowest BCUT2D eigenvalue weighted by Crippen LogP contribution is -2.44. The fraction of sp³-hybridized carbons (Fsp3) is 0.417. The minimum absolute atomic E-state index is 0.00923. The van der Waals surface area contributed by atoms with E-state index in [1.54, 1.807) is 0 Å². The monoisotopic (exact) mass is 464 g/mol. The van der Waals surface area contributed by atoms with E-state index in [2.05, 4.69) is 41.4 Å². The van der Waals surface area contributed by atoms with Crippen LogP contribution >= 0.6 is 0 Å². The molecule has 3 atom stereocenters. The Balaban J connectivity index is 0.000000383. The first kappa shape index (κ1) is 24.7. The summed E-state index contributed by atoms with van der Waals surface area (Å²) in [4.78, 5) is 24.0. The average Bonchev–Trinajstić information content (AvgIpc) is 3.08. The van der Waals surface area contributed by atoms with Crippen LogP contribution in [0.4, 0.5) is 13.2 Å². The van der Waals surface area contributed by atoms with E-state index < -0.39 is 12.1 Å². The van der Waals surface area contributed by atoms with Crippen LogP contribution in [0.5, 0.6) is 0 Å². The third kappa shape index (κ3) is 7.30. The predicted octanol–water partition coefficient (Wildman–Crippen LogP) is 3.53. The van der Waals surface area contributed by atoms with E-state index >= 15 is 0 Å². The van der Waals surface area contributed by atoms with E-state index in [0.717, 1.165) is 31.6 Å². The van der Waals surface area contributed by atoms with Gasteiger partial charge in [-0.2, -0.15) is 13.2 Å². The summed E-state index contributed by atoms with van der Waals surface area (Å²) in [6, 6.07) is 18.7. The van der Waals surface area contributed by atoms with Gasteiger partial charge in [0.25, 0.3) is 0 Å². The minimum Gasteiger partial charge on any atom is -0.475 e. The van der Waals surface area contributed by atoms with Gasteiger partial charge in [-0.1, -0.05) is 60.2 Å². The molecule has 2 N–H and O–H groups in total. The smallest absolute Gasteiger partial charge is 0.475 e. The number of halogens is 3. The van der Waals surface area contributed by atoms with Crippen molar-refractivity contribution >= 4 is 11.9 Å². The SMILES string of the molecule is Cc1ccc(CN2C[C@H]3C[C@H](C(=O)NCc4ccccc4)[C@@H](C2)O3)cc1.O=C(O)C(F)(F)F. The number of carbonyl (C=O) groups is 2. The van der Waals surface area contributed by atoms with Crippen molar-refractivity contribution in [3.63, 3.8) is 0 Å². The van der Waals surface area contributed by atoms with Crippen molar-refractivity contribution in [2.75, 3.05) is 13.1 Å². The number of carbonyl (C=O) groups excluding carboxylic acids is 1. The number of carboxylic acids is 1. The number of rotatable bonds is 5. The third-order valence-corrected chi connectivity index (χ3v) is 5.65. The number of nitrogens with zero attached hydrogens (tertiary/aromatic N) is 1. The molecule has 0 aromatic heterocycles. The zero-order chi connectivity index (χ0) is 24.0. The van der Waals surface area contributed by atoms with Gasteiger partial charge >= 0.3 is 12.1 Å². The van der Waals surface area contributed by atoms with Crippen LogP contribution in [0.3, 0.4) is 0 Å². The lowest BCUT2D eigenvalue weighted by Gasteiger charge is -2.32. The number of nitrogens with one attached hydrogen (secondary N) is 1. The summed E-state index contributed by atoms with van der Waals surface area (Å²) in [7, 11) is 0. The second kappa shape index (κ2) is 10.8. The molecule has 2 bridgehead atoms. The Kier molecular flexibility index (Phi) is 8.10. The van der Waals surface area contributed by atoms with E-state index in [1.165, 1.54) is 11.1 Å². The lowest BCUT2D eigenvalue weighted by molar-refractivity contribution is -0.192. The van der Waals surface area contributed by atoms with Gasteiger partial charge < -0.3 is 15.2 Å². The molecule has 33 heavy (non-hydrogen) atoms. The summed E-state index contributed by atoms with van der Waals surface area (Å²) in [5.41, 5.74) is 3.73. The molecule has 2 saturated heterocycles. The molecule has 1 amide bonds. The van der Waals surface area contributed by atoms with Gasteiger partial charge in [-0.05, 0) is 24.5 Å². The number of likely N-dealkylation sites (tertiary alicyclic amines) is 1. The van der Waals surface area contributed by atoms with Gasteiger partial charge in [0.05, 0.1) is 18.1 Å². The molecule has 0 radical (unpaired) electrons. The Labute approximate surface area is 190 Å². The zero-order valence-corrected chi connectivity index (χ0v) is 18.2. The maximum Gasteiger partial charge on any atom is 0.490 e. The van der Waals surface area contributed by atoms with E-state index in [1.807, 2.05) is 30.3 Å². The first-order chi connectivity index (χ1) is 15.6. The number of morpholine rings is 1. The Morgan fingerprint density at radius 3 is 2.30 bits per heavy atom. The summed E-state index contributed by atoms with van der Waals surface area (Å²) >= 11 is 0. The van der Waals surface area contributed by atoms with Crippen LogP contribution in [0.2, 0.25) is 0 Å². The van der Waals surface area contributed by atoms with Crippen LogP contribution in [0.15, 0.2) is 54.6 Å². The number of alkyl halides is 3. The van der Waals surface area contributed by atoms with E-state index in [9.17, 15) is 18.0 Å². The summed E-state index contributed by atoms with van der Waals surface area (Å²) in [6.07, 6.45) is -4.07. The van der Waals surface area contributed by atoms with Crippen molar-refractivity contribution in [1.29, 1.82) is 0 Å². The molecule has 0 spiro atoms. The molecular weight excluding hydrogens is 437 g/mol. The molecule has 2 fully saturated rings. The van der Waals surface area contributed by atoms with Crippen molar-refractivity contribution in [2.45, 2.75) is 44.8 Å². The number of benzene rings is 2. The number of fused-ring (bicyclic) bond motifs is 2. The topological polar surface area (TPSA) is 78.9 Å². The maximum atomic E-state index is 12.7. The minimum atomic E-state index is -5.08. The molecular formula is C24H27F3N2O4. The quantitative estimate of drug-likeness (QED) is 0.708. The summed E-state index contributed by atoms with van der Waals surface area (Å²) in [5.74, 6) is -2.67. The molecule has 178 valence electrons. The molecule has 2 aliphatic rings. The van der Waals surface area contributed by atoms with E-state index in [4.69, 9.17) is 14.6 Å². The van der Waals surface area contributed by atoms with E-state index in [-0.39, 0.29) is 24.0 Å². The maximum absolute atomic E-state index is 12.7. The summed E-state index contributed by atoms with van der Waals surface area (Å²) < 4.78 is 37.8. The molecule has 2 aromatic rings. The Morgan fingerprint density at radius 2 is 1.70 bits per heavy atom. The predicted molar refractivity (Wildman–Crippen MR) is 115 cm³/mol. The van der Waals surface area contributed by atoms with Gasteiger partial charge in [0.1, 0.15) is 0 Å². The van der Waals surface area contributed by atoms with Crippen LogP contribution in [0.25, 0.3) is 0 Å². The molecule has 0 unspecified atom stereocenters. The molecule has 2 aromatic carbocycles. The lowest BCUT2D eigenvalue weighted by atomic mass is 9.99. The molecule has 4 rings (SSSR count). The highest BCUT2D eigenvalue weighted by molar-refractivity contribution is 5.79. The second-order valence-corrected chi connectivity index (χ2v) is 8.32. The van der Waals surface area contributed by atoms with Gasteiger partial charge in [-0.3, -0.25) is 9.69 Å². The highest BCUT2D eigenvalue weighted by Gasteiger charge is 2.44. The van der Waals surface area contributed by atoms with Crippen LogP contribution < -0.4 is 5.32 Å². The fourth-order valence-electron chi connectivity index (χ4n) is 4.01. The van der Waals surface area contributed by atoms with E-state index in [0.29, 0.717) is 6.54 Å². The van der Waals surface area contributed by atoms with Gasteiger partial charge in [0.15, 0.2) is 0 Å². The van der Waals surface area contributed by atoms with Crippen molar-refractivity contribution < 1.29 is 32.6 Å². The van der Waals surface area contributed by atoms with Crippen molar-refractivity contribution in [3.05, 3.63) is 71.3 Å². The highest BCUT2D eigenvalue weighted by atomic mass is 19.4. The first-order valence-electron chi connectivity index (χ1n) is 10.7. The van der Waals surface area contributed by atoms with Crippen LogP contribution in [0.1, 0.15) is 23.1 Å². The fourth-order valence-corrected chi connectivity index (χ4v) is 4.01. The number of carboxylic acid groups (broad SMARTS) is 1. The number of hydrogen-bond donors (Lipinski definition) is 2. The van der Waals surface area contributed by atoms with Gasteiger partial charge in [0.2, 0.25) is 5.91 Å². The third-order valence-electron chi connectivity index (χ3n) is 5.65. The van der Waals surface area contributed by atoms with Gasteiger partial charge in [0, 0.05) is 26.2 Å².